The van der Waals surface area contributed by atoms with Gasteiger partial charge in [-0.1, -0.05) is 90.0 Å². The van der Waals surface area contributed by atoms with Gasteiger partial charge in [0.1, 0.15) is 0 Å². The second-order valence-electron chi connectivity index (χ2n) is 10.6. The summed E-state index contributed by atoms with van der Waals surface area (Å²) in [4.78, 5) is 11.8. The molecule has 0 heterocycles. The molecule has 0 amide bonds. The average molecular weight is 453 g/mol. The van der Waals surface area contributed by atoms with Crippen molar-refractivity contribution in [3.05, 3.63) is 34.9 Å². The van der Waals surface area contributed by atoms with E-state index in [0.717, 1.165) is 12.0 Å². The van der Waals surface area contributed by atoms with E-state index in [4.69, 9.17) is 16.3 Å². The van der Waals surface area contributed by atoms with Crippen LogP contribution in [0.3, 0.4) is 0 Å². The fraction of sp³-hybridized carbons (Fsp3) is 0.741. The van der Waals surface area contributed by atoms with E-state index in [1.54, 1.807) is 0 Å². The Kier molecular flexibility index (Phi) is 12.2. The average Bonchev–Trinajstić information content (AvgIpc) is 2.66. The van der Waals surface area contributed by atoms with Gasteiger partial charge in [-0.3, -0.25) is 4.79 Å². The van der Waals surface area contributed by atoms with E-state index in [1.807, 2.05) is 24.3 Å². The highest BCUT2D eigenvalue weighted by Gasteiger charge is 2.38. The smallest absolute Gasteiger partial charge is 0.306 e. The molecule has 0 aliphatic carbocycles. The summed E-state index contributed by atoms with van der Waals surface area (Å²) >= 11 is 5.94. The first-order valence-electron chi connectivity index (χ1n) is 12.1. The maximum absolute atomic E-state index is 11.8. The number of hydrogen-bond donors (Lipinski definition) is 1. The molecule has 0 saturated heterocycles. The third kappa shape index (κ3) is 10.9. The number of carbonyl (C=O) groups is 1. The molecular weight excluding hydrogens is 408 g/mol. The Labute approximate surface area is 195 Å². The Bertz CT molecular complexity index is 631. The predicted octanol–water partition coefficient (Wildman–Crippen LogP) is 8.18. The number of benzene rings is 1. The van der Waals surface area contributed by atoms with Gasteiger partial charge in [-0.15, -0.1) is 0 Å². The molecule has 1 rings (SSSR count). The van der Waals surface area contributed by atoms with Crippen LogP contribution in [0.2, 0.25) is 5.02 Å². The van der Waals surface area contributed by atoms with Crippen LogP contribution in [-0.2, 0) is 16.0 Å². The van der Waals surface area contributed by atoms with Gasteiger partial charge in [0.25, 0.3) is 0 Å². The number of halogens is 1. The Balaban J connectivity index is 2.61. The van der Waals surface area contributed by atoms with Gasteiger partial charge in [0.15, 0.2) is 0 Å². The van der Waals surface area contributed by atoms with Gasteiger partial charge in [-0.25, -0.2) is 0 Å². The molecule has 0 bridgehead atoms. The third-order valence-corrected chi connectivity index (χ3v) is 6.67. The Morgan fingerprint density at radius 2 is 1.55 bits per heavy atom. The van der Waals surface area contributed by atoms with Crippen LogP contribution in [0, 0.1) is 17.3 Å². The molecule has 2 unspecified atom stereocenters. The first-order chi connectivity index (χ1) is 14.5. The highest BCUT2D eigenvalue weighted by Crippen LogP contribution is 2.40. The van der Waals surface area contributed by atoms with Crippen molar-refractivity contribution in [2.45, 2.75) is 105 Å². The van der Waals surface area contributed by atoms with Crippen molar-refractivity contribution in [1.82, 2.24) is 0 Å². The van der Waals surface area contributed by atoms with Crippen LogP contribution < -0.4 is 0 Å². The van der Waals surface area contributed by atoms with Crippen molar-refractivity contribution in [2.24, 2.45) is 17.3 Å². The molecule has 3 nitrogen and oxygen atoms in total. The molecule has 0 radical (unpaired) electrons. The largest absolute Gasteiger partial charge is 0.481 e. The quantitative estimate of drug-likeness (QED) is 0.273. The number of aliphatic carboxylic acids is 1. The molecule has 0 spiro atoms. The molecule has 1 aromatic carbocycles. The lowest BCUT2D eigenvalue weighted by Gasteiger charge is -2.43. The zero-order valence-corrected chi connectivity index (χ0v) is 21.4. The predicted molar refractivity (Wildman–Crippen MR) is 132 cm³/mol. The van der Waals surface area contributed by atoms with Crippen LogP contribution in [0.4, 0.5) is 0 Å². The lowest BCUT2D eigenvalue weighted by atomic mass is 9.69. The molecule has 0 aliphatic heterocycles. The number of ether oxygens (including phenoxy) is 1. The topological polar surface area (TPSA) is 46.5 Å². The van der Waals surface area contributed by atoms with Gasteiger partial charge in [0, 0.05) is 11.6 Å². The molecular formula is C27H45ClO3. The summed E-state index contributed by atoms with van der Waals surface area (Å²) in [7, 11) is 0. The first kappa shape index (κ1) is 28.0. The molecule has 31 heavy (non-hydrogen) atoms. The molecule has 0 aliphatic rings. The van der Waals surface area contributed by atoms with Gasteiger partial charge >= 0.3 is 5.97 Å². The highest BCUT2D eigenvalue weighted by atomic mass is 35.5. The number of rotatable bonds is 15. The fourth-order valence-electron chi connectivity index (χ4n) is 4.73. The zero-order chi connectivity index (χ0) is 23.5. The summed E-state index contributed by atoms with van der Waals surface area (Å²) in [6.45, 7) is 13.9. The lowest BCUT2D eigenvalue weighted by molar-refractivity contribution is -0.144. The number of unbranched alkanes of at least 4 members (excludes halogenated alkanes) is 5. The fourth-order valence-corrected chi connectivity index (χ4v) is 4.86. The van der Waals surface area contributed by atoms with E-state index in [2.05, 4.69) is 41.5 Å². The van der Waals surface area contributed by atoms with E-state index in [9.17, 15) is 9.90 Å². The van der Waals surface area contributed by atoms with Crippen LogP contribution in [0.5, 0.6) is 0 Å². The Morgan fingerprint density at radius 1 is 0.968 bits per heavy atom. The lowest BCUT2D eigenvalue weighted by Crippen LogP contribution is -2.42. The van der Waals surface area contributed by atoms with Gasteiger partial charge in [0.05, 0.1) is 11.5 Å². The van der Waals surface area contributed by atoms with Crippen molar-refractivity contribution in [3.8, 4) is 0 Å². The minimum atomic E-state index is -0.768. The maximum atomic E-state index is 11.8. The molecule has 0 saturated carbocycles. The third-order valence-electron chi connectivity index (χ3n) is 6.42. The molecule has 178 valence electrons. The highest BCUT2D eigenvalue weighted by molar-refractivity contribution is 6.30. The number of carboxylic acid groups (broad SMARTS) is 1. The molecule has 0 fully saturated rings. The van der Waals surface area contributed by atoms with Gasteiger partial charge in [-0.2, -0.15) is 0 Å². The van der Waals surface area contributed by atoms with E-state index in [0.29, 0.717) is 30.4 Å². The standard InChI is InChI=1S/C27H45ClO3/c1-7-8-9-10-11-12-13-24(26(2,3)4)27(5,6)31-19-18-22(25(29)30)20-21-14-16-23(28)17-15-21/h14-17,22,24H,7-13,18-20H2,1-6H3,(H,29,30). The maximum Gasteiger partial charge on any atom is 0.306 e. The number of hydrogen-bond acceptors (Lipinski definition) is 2. The second-order valence-corrected chi connectivity index (χ2v) is 11.0. The monoisotopic (exact) mass is 452 g/mol. The molecule has 2 atom stereocenters. The normalized spacial score (nSPS) is 14.4. The molecule has 1 N–H and O–H groups in total. The Hall–Kier alpha value is -1.06. The van der Waals surface area contributed by atoms with Crippen molar-refractivity contribution in [3.63, 3.8) is 0 Å². The summed E-state index contributed by atoms with van der Waals surface area (Å²) in [5.41, 5.74) is 0.847. The van der Waals surface area contributed by atoms with Crippen LogP contribution in [-0.4, -0.2) is 23.3 Å². The van der Waals surface area contributed by atoms with Crippen molar-refractivity contribution >= 4 is 17.6 Å². The summed E-state index contributed by atoms with van der Waals surface area (Å²) in [5.74, 6) is -0.801. The number of carboxylic acids is 1. The minimum absolute atomic E-state index is 0.141. The molecule has 4 heteroatoms. The van der Waals surface area contributed by atoms with Gasteiger partial charge < -0.3 is 9.84 Å². The zero-order valence-electron chi connectivity index (χ0n) is 20.7. The summed E-state index contributed by atoms with van der Waals surface area (Å²) in [6.07, 6.45) is 9.93. The van der Waals surface area contributed by atoms with Gasteiger partial charge in [-0.05, 0) is 62.1 Å². The second kappa shape index (κ2) is 13.5. The van der Waals surface area contributed by atoms with Crippen LogP contribution in [0.15, 0.2) is 24.3 Å². The van der Waals surface area contributed by atoms with Gasteiger partial charge in [0.2, 0.25) is 0 Å². The minimum Gasteiger partial charge on any atom is -0.481 e. The van der Waals surface area contributed by atoms with Crippen LogP contribution in [0.25, 0.3) is 0 Å². The first-order valence-corrected chi connectivity index (χ1v) is 12.5. The summed E-state index contributed by atoms with van der Waals surface area (Å²) in [6, 6.07) is 7.43. The Morgan fingerprint density at radius 3 is 2.10 bits per heavy atom. The molecule has 1 aromatic rings. The van der Waals surface area contributed by atoms with E-state index in [-0.39, 0.29) is 11.0 Å². The van der Waals surface area contributed by atoms with Crippen molar-refractivity contribution < 1.29 is 14.6 Å². The summed E-state index contributed by atoms with van der Waals surface area (Å²) < 4.78 is 6.37. The van der Waals surface area contributed by atoms with Crippen molar-refractivity contribution in [1.29, 1.82) is 0 Å². The van der Waals surface area contributed by atoms with Crippen molar-refractivity contribution in [2.75, 3.05) is 6.61 Å². The SMILES string of the molecule is CCCCCCCCC(C(C)(C)C)C(C)(C)OCCC(Cc1ccc(Cl)cc1)C(=O)O. The van der Waals surface area contributed by atoms with E-state index in [1.165, 1.54) is 38.5 Å². The summed E-state index contributed by atoms with van der Waals surface area (Å²) in [5, 5.41) is 10.3. The van der Waals surface area contributed by atoms with Crippen LogP contribution >= 0.6 is 11.6 Å². The molecule has 0 aromatic heterocycles. The van der Waals surface area contributed by atoms with E-state index >= 15 is 0 Å². The van der Waals surface area contributed by atoms with Crippen LogP contribution in [0.1, 0.15) is 98.5 Å². The van der Waals surface area contributed by atoms with E-state index < -0.39 is 11.9 Å².